The number of hydrogen-bond acceptors (Lipinski definition) is 2. The Balaban J connectivity index is 2.02. The van der Waals surface area contributed by atoms with E-state index in [2.05, 4.69) is 61.6 Å². The molecule has 0 amide bonds. The first-order chi connectivity index (χ1) is 9.22. The predicted octanol–water partition coefficient (Wildman–Crippen LogP) is 2.96. The summed E-state index contributed by atoms with van der Waals surface area (Å²) in [6.07, 6.45) is 1.05. The molecule has 1 unspecified atom stereocenters. The van der Waals surface area contributed by atoms with Crippen LogP contribution in [0.25, 0.3) is 10.8 Å². The summed E-state index contributed by atoms with van der Waals surface area (Å²) >= 11 is 0. The molecule has 0 fully saturated rings. The average molecular weight is 256 g/mol. The van der Waals surface area contributed by atoms with E-state index in [1.807, 2.05) is 0 Å². The molecule has 0 saturated carbocycles. The van der Waals surface area contributed by atoms with Crippen LogP contribution < -0.4 is 11.1 Å². The van der Waals surface area contributed by atoms with Crippen molar-refractivity contribution in [3.63, 3.8) is 0 Å². The van der Waals surface area contributed by atoms with Gasteiger partial charge in [0, 0.05) is 12.6 Å². The Morgan fingerprint density at radius 2 is 1.79 bits per heavy atom. The number of rotatable bonds is 6. The van der Waals surface area contributed by atoms with Crippen LogP contribution in [0.1, 0.15) is 19.4 Å². The highest BCUT2D eigenvalue weighted by Crippen LogP contribution is 2.18. The van der Waals surface area contributed by atoms with Gasteiger partial charge in [0.2, 0.25) is 0 Å². The standard InChI is InChI=1S/C17H24N2/c1-13(2)17(12-18)19-11-10-15-8-5-7-14-6-3-4-9-16(14)15/h3-9,13,17,19H,10-12,18H2,1-2H3. The van der Waals surface area contributed by atoms with Crippen LogP contribution in [0.15, 0.2) is 42.5 Å². The van der Waals surface area contributed by atoms with Crippen LogP contribution in [-0.2, 0) is 6.42 Å². The zero-order valence-corrected chi connectivity index (χ0v) is 11.9. The van der Waals surface area contributed by atoms with Gasteiger partial charge >= 0.3 is 0 Å². The van der Waals surface area contributed by atoms with E-state index in [1.165, 1.54) is 16.3 Å². The van der Waals surface area contributed by atoms with E-state index in [-0.39, 0.29) is 0 Å². The Labute approximate surface area is 116 Å². The lowest BCUT2D eigenvalue weighted by Crippen LogP contribution is -2.41. The largest absolute Gasteiger partial charge is 0.329 e. The molecule has 3 N–H and O–H groups in total. The van der Waals surface area contributed by atoms with Crippen molar-refractivity contribution in [1.29, 1.82) is 0 Å². The van der Waals surface area contributed by atoms with E-state index in [0.29, 0.717) is 18.5 Å². The fourth-order valence-electron chi connectivity index (χ4n) is 2.49. The summed E-state index contributed by atoms with van der Waals surface area (Å²) in [5.41, 5.74) is 7.19. The van der Waals surface area contributed by atoms with Crippen molar-refractivity contribution in [3.8, 4) is 0 Å². The molecule has 2 rings (SSSR count). The number of benzene rings is 2. The molecule has 19 heavy (non-hydrogen) atoms. The summed E-state index contributed by atoms with van der Waals surface area (Å²) in [4.78, 5) is 0. The Morgan fingerprint density at radius 3 is 2.53 bits per heavy atom. The van der Waals surface area contributed by atoms with Crippen LogP contribution >= 0.6 is 0 Å². The van der Waals surface area contributed by atoms with E-state index >= 15 is 0 Å². The maximum atomic E-state index is 5.78. The summed E-state index contributed by atoms with van der Waals surface area (Å²) in [5, 5.41) is 6.24. The van der Waals surface area contributed by atoms with Crippen molar-refractivity contribution < 1.29 is 0 Å². The third-order valence-corrected chi connectivity index (χ3v) is 3.74. The molecule has 0 spiro atoms. The molecule has 2 nitrogen and oxygen atoms in total. The van der Waals surface area contributed by atoms with E-state index < -0.39 is 0 Å². The molecule has 0 aliphatic rings. The number of nitrogens with two attached hydrogens (primary N) is 1. The van der Waals surface area contributed by atoms with Crippen molar-refractivity contribution >= 4 is 10.8 Å². The maximum Gasteiger partial charge on any atom is 0.0213 e. The van der Waals surface area contributed by atoms with Gasteiger partial charge in [-0.25, -0.2) is 0 Å². The molecule has 0 heterocycles. The monoisotopic (exact) mass is 256 g/mol. The van der Waals surface area contributed by atoms with Crippen LogP contribution in [0.3, 0.4) is 0 Å². The van der Waals surface area contributed by atoms with Crippen LogP contribution in [0.2, 0.25) is 0 Å². The molecular formula is C17H24N2. The minimum Gasteiger partial charge on any atom is -0.329 e. The molecule has 0 saturated heterocycles. The molecule has 1 atom stereocenters. The van der Waals surface area contributed by atoms with E-state index in [1.54, 1.807) is 0 Å². The third-order valence-electron chi connectivity index (χ3n) is 3.74. The molecular weight excluding hydrogens is 232 g/mol. The fourth-order valence-corrected chi connectivity index (χ4v) is 2.49. The van der Waals surface area contributed by atoms with E-state index in [0.717, 1.165) is 13.0 Å². The molecule has 0 aliphatic heterocycles. The molecule has 0 aromatic heterocycles. The SMILES string of the molecule is CC(C)C(CN)NCCc1cccc2ccccc12. The van der Waals surface area contributed by atoms with Crippen molar-refractivity contribution in [3.05, 3.63) is 48.0 Å². The van der Waals surface area contributed by atoms with Crippen molar-refractivity contribution in [2.45, 2.75) is 26.3 Å². The smallest absolute Gasteiger partial charge is 0.0213 e. The second-order valence-electron chi connectivity index (χ2n) is 5.43. The molecule has 0 aliphatic carbocycles. The van der Waals surface area contributed by atoms with Gasteiger partial charge in [-0.05, 0) is 35.2 Å². The first-order valence-corrected chi connectivity index (χ1v) is 7.12. The van der Waals surface area contributed by atoms with Gasteiger partial charge in [0.25, 0.3) is 0 Å². The molecule has 0 bridgehead atoms. The van der Waals surface area contributed by atoms with Crippen LogP contribution in [0.4, 0.5) is 0 Å². The zero-order valence-electron chi connectivity index (χ0n) is 11.9. The van der Waals surface area contributed by atoms with Gasteiger partial charge in [0.15, 0.2) is 0 Å². The number of nitrogens with one attached hydrogen (secondary N) is 1. The normalized spacial score (nSPS) is 13.1. The van der Waals surface area contributed by atoms with Gasteiger partial charge in [0.1, 0.15) is 0 Å². The van der Waals surface area contributed by atoms with Crippen molar-refractivity contribution in [1.82, 2.24) is 5.32 Å². The Kier molecular flexibility index (Phi) is 4.94. The van der Waals surface area contributed by atoms with Gasteiger partial charge < -0.3 is 11.1 Å². The predicted molar refractivity (Wildman–Crippen MR) is 83.3 cm³/mol. The van der Waals surface area contributed by atoms with Crippen molar-refractivity contribution in [2.75, 3.05) is 13.1 Å². The second-order valence-corrected chi connectivity index (χ2v) is 5.43. The lowest BCUT2D eigenvalue weighted by Gasteiger charge is -2.20. The number of fused-ring (bicyclic) bond motifs is 1. The summed E-state index contributed by atoms with van der Waals surface area (Å²) in [6.45, 7) is 6.10. The lowest BCUT2D eigenvalue weighted by molar-refractivity contribution is 0.409. The minimum atomic E-state index is 0.412. The Hall–Kier alpha value is -1.38. The summed E-state index contributed by atoms with van der Waals surface area (Å²) in [7, 11) is 0. The Morgan fingerprint density at radius 1 is 1.05 bits per heavy atom. The molecule has 2 aromatic rings. The first-order valence-electron chi connectivity index (χ1n) is 7.12. The fraction of sp³-hybridized carbons (Fsp3) is 0.412. The minimum absolute atomic E-state index is 0.412. The van der Waals surface area contributed by atoms with Gasteiger partial charge in [-0.1, -0.05) is 56.3 Å². The topological polar surface area (TPSA) is 38.0 Å². The van der Waals surface area contributed by atoms with Crippen LogP contribution in [-0.4, -0.2) is 19.1 Å². The van der Waals surface area contributed by atoms with Gasteiger partial charge in [-0.3, -0.25) is 0 Å². The maximum absolute atomic E-state index is 5.78. The molecule has 102 valence electrons. The summed E-state index contributed by atoms with van der Waals surface area (Å²) < 4.78 is 0. The van der Waals surface area contributed by atoms with E-state index in [9.17, 15) is 0 Å². The zero-order chi connectivity index (χ0) is 13.7. The quantitative estimate of drug-likeness (QED) is 0.834. The third kappa shape index (κ3) is 3.55. The van der Waals surface area contributed by atoms with Crippen LogP contribution in [0, 0.1) is 5.92 Å². The highest BCUT2D eigenvalue weighted by atomic mass is 14.9. The van der Waals surface area contributed by atoms with E-state index in [4.69, 9.17) is 5.73 Å². The average Bonchev–Trinajstić information content (AvgIpc) is 2.43. The lowest BCUT2D eigenvalue weighted by atomic mass is 10.0. The molecule has 2 aromatic carbocycles. The van der Waals surface area contributed by atoms with Gasteiger partial charge in [0.05, 0.1) is 0 Å². The molecule has 2 heteroatoms. The first kappa shape index (κ1) is 14.0. The summed E-state index contributed by atoms with van der Waals surface area (Å²) in [5.74, 6) is 0.581. The second kappa shape index (κ2) is 6.69. The number of hydrogen-bond donors (Lipinski definition) is 2. The summed E-state index contributed by atoms with van der Waals surface area (Å²) in [6, 6.07) is 15.5. The highest BCUT2D eigenvalue weighted by molar-refractivity contribution is 5.85. The van der Waals surface area contributed by atoms with Crippen LogP contribution in [0.5, 0.6) is 0 Å². The highest BCUT2D eigenvalue weighted by Gasteiger charge is 2.10. The van der Waals surface area contributed by atoms with Crippen molar-refractivity contribution in [2.24, 2.45) is 11.7 Å². The van der Waals surface area contributed by atoms with Gasteiger partial charge in [-0.2, -0.15) is 0 Å². The van der Waals surface area contributed by atoms with Gasteiger partial charge in [-0.15, -0.1) is 0 Å². The Bertz CT molecular complexity index is 514. The molecule has 0 radical (unpaired) electrons.